The maximum atomic E-state index is 12.5. The molecule has 1 aromatic carbocycles. The van der Waals surface area contributed by atoms with Gasteiger partial charge in [0.15, 0.2) is 6.10 Å². The fourth-order valence-electron chi connectivity index (χ4n) is 3.04. The van der Waals surface area contributed by atoms with E-state index in [-0.39, 0.29) is 18.9 Å². The lowest BCUT2D eigenvalue weighted by Crippen LogP contribution is -2.50. The monoisotopic (exact) mass is 403 g/mol. The third kappa shape index (κ3) is 5.79. The third-order valence-electron chi connectivity index (χ3n) is 4.71. The van der Waals surface area contributed by atoms with Gasteiger partial charge in [-0.2, -0.15) is 0 Å². The van der Waals surface area contributed by atoms with Gasteiger partial charge in [0.2, 0.25) is 5.91 Å². The highest BCUT2D eigenvalue weighted by Gasteiger charge is 2.38. The molecule has 0 aliphatic carbocycles. The van der Waals surface area contributed by atoms with E-state index in [2.05, 4.69) is 10.6 Å². The van der Waals surface area contributed by atoms with Crippen LogP contribution in [0.5, 0.6) is 0 Å². The first kappa shape index (κ1) is 22.4. The lowest BCUT2D eigenvalue weighted by atomic mass is 10.1. The van der Waals surface area contributed by atoms with E-state index in [1.165, 1.54) is 6.92 Å². The number of rotatable bonds is 4. The van der Waals surface area contributed by atoms with Crippen LogP contribution >= 0.6 is 0 Å². The molecule has 0 aromatic heterocycles. The number of amides is 4. The summed E-state index contributed by atoms with van der Waals surface area (Å²) in [6, 6.07) is 5.01. The van der Waals surface area contributed by atoms with Gasteiger partial charge in [-0.1, -0.05) is 12.1 Å². The van der Waals surface area contributed by atoms with Crippen molar-refractivity contribution in [2.75, 3.05) is 11.4 Å². The summed E-state index contributed by atoms with van der Waals surface area (Å²) in [6.07, 6.45) is -1.14. The smallest absolute Gasteiger partial charge is 0.321 e. The van der Waals surface area contributed by atoms with Gasteiger partial charge in [0.05, 0.1) is 5.92 Å². The average molecular weight is 403 g/mol. The van der Waals surface area contributed by atoms with Crippen molar-refractivity contribution in [2.45, 2.75) is 59.6 Å². The summed E-state index contributed by atoms with van der Waals surface area (Å²) in [5.74, 6) is -2.19. The van der Waals surface area contributed by atoms with Gasteiger partial charge in [-0.05, 0) is 58.7 Å². The molecule has 4 amide bonds. The van der Waals surface area contributed by atoms with E-state index in [1.807, 2.05) is 32.0 Å². The molecule has 1 aliphatic heterocycles. The van der Waals surface area contributed by atoms with E-state index in [9.17, 15) is 19.2 Å². The molecule has 0 unspecified atom stereocenters. The Morgan fingerprint density at radius 3 is 2.48 bits per heavy atom. The number of nitrogens with one attached hydrogen (secondary N) is 2. The Hall–Kier alpha value is -2.90. The Morgan fingerprint density at radius 1 is 1.21 bits per heavy atom. The van der Waals surface area contributed by atoms with Gasteiger partial charge in [-0.25, -0.2) is 4.79 Å². The van der Waals surface area contributed by atoms with Gasteiger partial charge in [-0.15, -0.1) is 0 Å². The molecule has 8 nitrogen and oxygen atoms in total. The molecule has 2 N–H and O–H groups in total. The highest BCUT2D eigenvalue weighted by atomic mass is 16.5. The van der Waals surface area contributed by atoms with E-state index in [1.54, 1.807) is 25.7 Å². The molecule has 1 aliphatic rings. The predicted octanol–water partition coefficient (Wildman–Crippen LogP) is 2.21. The third-order valence-corrected chi connectivity index (χ3v) is 4.71. The van der Waals surface area contributed by atoms with E-state index in [0.717, 1.165) is 16.8 Å². The van der Waals surface area contributed by atoms with Crippen LogP contribution in [0.1, 0.15) is 45.2 Å². The van der Waals surface area contributed by atoms with Crippen molar-refractivity contribution in [2.24, 2.45) is 5.92 Å². The summed E-state index contributed by atoms with van der Waals surface area (Å²) in [7, 11) is 0. The van der Waals surface area contributed by atoms with E-state index < -0.39 is 35.5 Å². The Bertz CT molecular complexity index is 828. The molecule has 2 rings (SSSR count). The molecule has 0 bridgehead atoms. The first-order valence-corrected chi connectivity index (χ1v) is 9.59. The maximum absolute atomic E-state index is 12.5. The summed E-state index contributed by atoms with van der Waals surface area (Å²) < 4.78 is 5.20. The molecule has 29 heavy (non-hydrogen) atoms. The number of carbonyl (C=O) groups excluding carboxylic acids is 4. The lowest BCUT2D eigenvalue weighted by molar-refractivity contribution is -0.158. The molecule has 1 aromatic rings. The number of ether oxygens (including phenoxy) is 1. The molecule has 0 radical (unpaired) electrons. The van der Waals surface area contributed by atoms with Crippen LogP contribution in [0.4, 0.5) is 10.5 Å². The standard InChI is InChI=1S/C21H29N3O5/c1-12-8-7-9-16(13(12)2)24-11-15(10-17(24)25)19(27)29-14(3)18(26)22-20(28)23-21(4,5)6/h7-9,14-15H,10-11H2,1-6H3,(H2,22,23,26,28)/t14-,15-/m0/s1. The zero-order valence-corrected chi connectivity index (χ0v) is 17.8. The Labute approximate surface area is 171 Å². The van der Waals surface area contributed by atoms with E-state index in [4.69, 9.17) is 4.74 Å². The number of aryl methyl sites for hydroxylation is 1. The topological polar surface area (TPSA) is 105 Å². The Kier molecular flexibility index (Phi) is 6.66. The molecule has 158 valence electrons. The van der Waals surface area contributed by atoms with E-state index >= 15 is 0 Å². The minimum absolute atomic E-state index is 0.0189. The Balaban J connectivity index is 1.95. The van der Waals surface area contributed by atoms with Crippen molar-refractivity contribution in [1.29, 1.82) is 0 Å². The second-order valence-corrected chi connectivity index (χ2v) is 8.40. The predicted molar refractivity (Wildman–Crippen MR) is 108 cm³/mol. The van der Waals surface area contributed by atoms with Crippen LogP contribution in [0.15, 0.2) is 18.2 Å². The molecule has 2 atom stereocenters. The number of hydrogen-bond acceptors (Lipinski definition) is 5. The summed E-state index contributed by atoms with van der Waals surface area (Å²) in [4.78, 5) is 50.4. The van der Waals surface area contributed by atoms with Crippen molar-refractivity contribution in [3.63, 3.8) is 0 Å². The van der Waals surface area contributed by atoms with Crippen molar-refractivity contribution >= 4 is 29.5 Å². The van der Waals surface area contributed by atoms with E-state index in [0.29, 0.717) is 0 Å². The largest absolute Gasteiger partial charge is 0.452 e. The molecule has 1 heterocycles. The number of imide groups is 1. The van der Waals surface area contributed by atoms with Crippen LogP contribution < -0.4 is 15.5 Å². The van der Waals surface area contributed by atoms with Crippen LogP contribution in [0.25, 0.3) is 0 Å². The number of hydrogen-bond donors (Lipinski definition) is 2. The first-order chi connectivity index (χ1) is 13.4. The van der Waals surface area contributed by atoms with Crippen LogP contribution in [-0.2, 0) is 19.1 Å². The zero-order chi connectivity index (χ0) is 21.9. The van der Waals surface area contributed by atoms with Gasteiger partial charge < -0.3 is 15.0 Å². The molecular formula is C21H29N3O5. The molecule has 0 saturated carbocycles. The Morgan fingerprint density at radius 2 is 1.86 bits per heavy atom. The quantitative estimate of drug-likeness (QED) is 0.750. The molecule has 8 heteroatoms. The average Bonchev–Trinajstić information content (AvgIpc) is 2.97. The molecule has 1 saturated heterocycles. The zero-order valence-electron chi connectivity index (χ0n) is 17.8. The first-order valence-electron chi connectivity index (χ1n) is 9.59. The minimum Gasteiger partial charge on any atom is -0.452 e. The van der Waals surface area contributed by atoms with Crippen LogP contribution in [-0.4, -0.2) is 42.0 Å². The summed E-state index contributed by atoms with van der Waals surface area (Å²) in [5, 5.41) is 4.74. The number of esters is 1. The summed E-state index contributed by atoms with van der Waals surface area (Å²) in [6.45, 7) is 10.8. The number of nitrogens with zero attached hydrogens (tertiary/aromatic N) is 1. The SMILES string of the molecule is Cc1cccc(N2C[C@@H](C(=O)O[C@@H](C)C(=O)NC(=O)NC(C)(C)C)CC2=O)c1C. The van der Waals surface area contributed by atoms with Crippen LogP contribution in [0.2, 0.25) is 0 Å². The van der Waals surface area contributed by atoms with Crippen molar-refractivity contribution in [3.05, 3.63) is 29.3 Å². The highest BCUT2D eigenvalue weighted by Crippen LogP contribution is 2.30. The second-order valence-electron chi connectivity index (χ2n) is 8.40. The molecular weight excluding hydrogens is 374 g/mol. The fourth-order valence-corrected chi connectivity index (χ4v) is 3.04. The van der Waals surface area contributed by atoms with Gasteiger partial charge in [0.25, 0.3) is 5.91 Å². The van der Waals surface area contributed by atoms with Gasteiger partial charge >= 0.3 is 12.0 Å². The number of carbonyl (C=O) groups is 4. The minimum atomic E-state index is -1.15. The van der Waals surface area contributed by atoms with Gasteiger partial charge in [0.1, 0.15) is 0 Å². The number of urea groups is 1. The summed E-state index contributed by atoms with van der Waals surface area (Å²) >= 11 is 0. The van der Waals surface area contributed by atoms with Gasteiger partial charge in [-0.3, -0.25) is 19.7 Å². The molecule has 0 spiro atoms. The number of anilines is 1. The second kappa shape index (κ2) is 8.63. The maximum Gasteiger partial charge on any atom is 0.321 e. The number of benzene rings is 1. The fraction of sp³-hybridized carbons (Fsp3) is 0.524. The molecule has 1 fully saturated rings. The van der Waals surface area contributed by atoms with Crippen molar-refractivity contribution in [1.82, 2.24) is 10.6 Å². The summed E-state index contributed by atoms with van der Waals surface area (Å²) in [5.41, 5.74) is 2.30. The van der Waals surface area contributed by atoms with Crippen molar-refractivity contribution in [3.8, 4) is 0 Å². The van der Waals surface area contributed by atoms with Crippen LogP contribution in [0, 0.1) is 19.8 Å². The van der Waals surface area contributed by atoms with Crippen LogP contribution in [0.3, 0.4) is 0 Å². The lowest BCUT2D eigenvalue weighted by Gasteiger charge is -2.22. The highest BCUT2D eigenvalue weighted by molar-refractivity contribution is 6.01. The van der Waals surface area contributed by atoms with Crippen molar-refractivity contribution < 1.29 is 23.9 Å². The normalized spacial score (nSPS) is 17.7. The van der Waals surface area contributed by atoms with Gasteiger partial charge in [0, 0.05) is 24.2 Å².